The van der Waals surface area contributed by atoms with Gasteiger partial charge in [0.25, 0.3) is 5.91 Å². The van der Waals surface area contributed by atoms with Gasteiger partial charge in [-0.25, -0.2) is 0 Å². The maximum atomic E-state index is 11.9. The molecular weight excluding hydrogens is 380 g/mol. The predicted molar refractivity (Wildman–Crippen MR) is 103 cm³/mol. The normalized spacial score (nSPS) is 16.2. The molecule has 0 radical (unpaired) electrons. The molecule has 1 aliphatic heterocycles. The molecule has 1 aliphatic rings. The second-order valence-corrected chi connectivity index (χ2v) is 8.81. The molecule has 0 unspecified atom stereocenters. The van der Waals surface area contributed by atoms with Crippen LogP contribution in [0.15, 0.2) is 18.2 Å². The molecule has 0 bridgehead atoms. The number of benzene rings is 1. The third kappa shape index (κ3) is 7.18. The number of carbonyl (C=O) groups excluding carboxylic acids is 2. The van der Waals surface area contributed by atoms with Gasteiger partial charge in [0.2, 0.25) is 0 Å². The third-order valence-corrected chi connectivity index (χ3v) is 6.87. The Morgan fingerprint density at radius 2 is 2.24 bits per heavy atom. The van der Waals surface area contributed by atoms with E-state index in [1.165, 1.54) is 24.3 Å². The number of unbranched alkanes of at least 4 members (excludes halogenated alkanes) is 1. The van der Waals surface area contributed by atoms with Crippen molar-refractivity contribution in [2.24, 2.45) is 0 Å². The number of halogens is 1. The minimum absolute atomic E-state index is 0.298. The Labute approximate surface area is 160 Å². The van der Waals surface area contributed by atoms with Crippen LogP contribution in [-0.4, -0.2) is 29.5 Å². The molecule has 0 saturated carbocycles. The van der Waals surface area contributed by atoms with Gasteiger partial charge in [-0.15, -0.1) is 0 Å². The first-order valence-electron chi connectivity index (χ1n) is 8.02. The number of hydrogen-bond acceptors (Lipinski definition) is 6. The number of nitrogens with zero attached hydrogens (tertiary/aromatic N) is 1. The van der Waals surface area contributed by atoms with Gasteiger partial charge in [0.15, 0.2) is 6.61 Å². The minimum atomic E-state index is -0.494. The number of anilines is 1. The molecule has 0 aliphatic carbocycles. The fourth-order valence-electron chi connectivity index (χ4n) is 2.33. The maximum Gasteiger partial charge on any atom is 0.306 e. The van der Waals surface area contributed by atoms with Crippen LogP contribution in [-0.2, 0) is 14.3 Å². The zero-order valence-electron chi connectivity index (χ0n) is 13.6. The van der Waals surface area contributed by atoms with Gasteiger partial charge < -0.3 is 10.1 Å². The van der Waals surface area contributed by atoms with Gasteiger partial charge >= 0.3 is 5.97 Å². The fourth-order valence-corrected chi connectivity index (χ4v) is 5.53. The van der Waals surface area contributed by atoms with Crippen LogP contribution in [0.5, 0.6) is 0 Å². The molecular formula is C17H19ClN2O3S2. The Bertz CT molecular complexity index is 658. The standard InChI is InChI=1S/C17H19ClN2O3S2/c18-13-6-5-12(10-19)15(9-13)20-16(21)11-23-17(22)4-2-1-3-14-7-8-24-25-14/h5-6,9,14H,1-4,7-8,11H2,(H,20,21)/t14-/m0/s1. The number of esters is 1. The minimum Gasteiger partial charge on any atom is -0.456 e. The van der Waals surface area contributed by atoms with E-state index in [0.29, 0.717) is 27.9 Å². The average molecular weight is 399 g/mol. The van der Waals surface area contributed by atoms with Crippen molar-refractivity contribution in [1.82, 2.24) is 0 Å². The summed E-state index contributed by atoms with van der Waals surface area (Å²) in [6, 6.07) is 6.54. The van der Waals surface area contributed by atoms with Gasteiger partial charge in [-0.2, -0.15) is 5.26 Å². The molecule has 1 saturated heterocycles. The Hall–Kier alpha value is -1.36. The molecule has 1 atom stereocenters. The van der Waals surface area contributed by atoms with Crippen LogP contribution in [0.1, 0.15) is 37.7 Å². The van der Waals surface area contributed by atoms with Crippen LogP contribution in [0, 0.1) is 11.3 Å². The summed E-state index contributed by atoms with van der Waals surface area (Å²) in [5, 5.41) is 12.7. The number of hydrogen-bond donors (Lipinski definition) is 1. The van der Waals surface area contributed by atoms with Crippen molar-refractivity contribution in [3.8, 4) is 6.07 Å². The van der Waals surface area contributed by atoms with E-state index in [0.717, 1.165) is 19.3 Å². The van der Waals surface area contributed by atoms with Crippen LogP contribution in [0.25, 0.3) is 0 Å². The van der Waals surface area contributed by atoms with Gasteiger partial charge in [0, 0.05) is 22.4 Å². The topological polar surface area (TPSA) is 79.2 Å². The number of amides is 1. The Morgan fingerprint density at radius 1 is 1.40 bits per heavy atom. The lowest BCUT2D eigenvalue weighted by Crippen LogP contribution is -2.21. The van der Waals surface area contributed by atoms with Crippen LogP contribution >= 0.6 is 33.2 Å². The average Bonchev–Trinajstić information content (AvgIpc) is 3.10. The van der Waals surface area contributed by atoms with Gasteiger partial charge in [0.05, 0.1) is 11.3 Å². The fraction of sp³-hybridized carbons (Fsp3) is 0.471. The summed E-state index contributed by atoms with van der Waals surface area (Å²) < 4.78 is 4.98. The highest BCUT2D eigenvalue weighted by atomic mass is 35.5. The number of nitriles is 1. The van der Waals surface area contributed by atoms with Crippen molar-refractivity contribution in [3.05, 3.63) is 28.8 Å². The molecule has 2 rings (SSSR count). The van der Waals surface area contributed by atoms with Crippen molar-refractivity contribution < 1.29 is 14.3 Å². The Kier molecular flexibility index (Phi) is 8.45. The molecule has 1 aromatic rings. The molecule has 0 spiro atoms. The van der Waals surface area contributed by atoms with Crippen molar-refractivity contribution >= 4 is 50.8 Å². The highest BCUT2D eigenvalue weighted by Gasteiger charge is 2.16. The van der Waals surface area contributed by atoms with Crippen molar-refractivity contribution in [1.29, 1.82) is 5.26 Å². The molecule has 25 heavy (non-hydrogen) atoms. The summed E-state index contributed by atoms with van der Waals surface area (Å²) in [7, 11) is 3.85. The zero-order valence-corrected chi connectivity index (χ0v) is 16.0. The number of ether oxygens (including phenoxy) is 1. The summed E-state index contributed by atoms with van der Waals surface area (Å²) in [4.78, 5) is 23.5. The van der Waals surface area contributed by atoms with E-state index in [-0.39, 0.29) is 12.6 Å². The smallest absolute Gasteiger partial charge is 0.306 e. The maximum absolute atomic E-state index is 11.9. The first kappa shape index (κ1) is 20.0. The summed E-state index contributed by atoms with van der Waals surface area (Å²) >= 11 is 5.85. The summed E-state index contributed by atoms with van der Waals surface area (Å²) in [5.74, 6) is 0.341. The first-order valence-corrected chi connectivity index (χ1v) is 10.8. The summed E-state index contributed by atoms with van der Waals surface area (Å²) in [6.45, 7) is -0.370. The molecule has 1 amide bonds. The summed E-state index contributed by atoms with van der Waals surface area (Å²) in [6.07, 6.45) is 4.45. The first-order chi connectivity index (χ1) is 12.1. The molecule has 1 fully saturated rings. The van der Waals surface area contributed by atoms with Crippen molar-refractivity contribution in [2.45, 2.75) is 37.4 Å². The molecule has 134 valence electrons. The molecule has 1 N–H and O–H groups in total. The number of carbonyl (C=O) groups is 2. The third-order valence-electron chi connectivity index (χ3n) is 3.62. The lowest BCUT2D eigenvalue weighted by atomic mass is 10.1. The highest BCUT2D eigenvalue weighted by Crippen LogP contribution is 2.39. The van der Waals surface area contributed by atoms with Crippen LogP contribution in [0.3, 0.4) is 0 Å². The zero-order chi connectivity index (χ0) is 18.1. The van der Waals surface area contributed by atoms with Gasteiger partial charge in [0.1, 0.15) is 6.07 Å². The SMILES string of the molecule is N#Cc1ccc(Cl)cc1NC(=O)COC(=O)CCCC[C@H]1CCSS1. The van der Waals surface area contributed by atoms with E-state index in [2.05, 4.69) is 5.32 Å². The molecule has 0 aromatic heterocycles. The highest BCUT2D eigenvalue weighted by molar-refractivity contribution is 8.77. The molecule has 1 aromatic carbocycles. The lowest BCUT2D eigenvalue weighted by molar-refractivity contribution is -0.147. The van der Waals surface area contributed by atoms with E-state index in [4.69, 9.17) is 21.6 Å². The Balaban J connectivity index is 1.65. The van der Waals surface area contributed by atoms with E-state index >= 15 is 0 Å². The van der Waals surface area contributed by atoms with Crippen LogP contribution in [0.4, 0.5) is 5.69 Å². The second-order valence-electron chi connectivity index (χ2n) is 5.59. The number of rotatable bonds is 8. The van der Waals surface area contributed by atoms with Gasteiger partial charge in [-0.1, -0.05) is 39.6 Å². The quantitative estimate of drug-likeness (QED) is 0.397. The van der Waals surface area contributed by atoms with E-state index in [9.17, 15) is 9.59 Å². The number of nitrogens with one attached hydrogen (secondary N) is 1. The second kappa shape index (κ2) is 10.6. The van der Waals surface area contributed by atoms with E-state index in [1.54, 1.807) is 6.07 Å². The van der Waals surface area contributed by atoms with Crippen molar-refractivity contribution in [3.63, 3.8) is 0 Å². The predicted octanol–water partition coefficient (Wildman–Crippen LogP) is 4.41. The molecule has 1 heterocycles. The van der Waals surface area contributed by atoms with Crippen molar-refractivity contribution in [2.75, 3.05) is 17.7 Å². The van der Waals surface area contributed by atoms with E-state index in [1.807, 2.05) is 27.7 Å². The van der Waals surface area contributed by atoms with Crippen LogP contribution in [0.2, 0.25) is 5.02 Å². The van der Waals surface area contributed by atoms with Gasteiger partial charge in [-0.3, -0.25) is 9.59 Å². The molecule has 8 heteroatoms. The van der Waals surface area contributed by atoms with Crippen LogP contribution < -0.4 is 5.32 Å². The summed E-state index contributed by atoms with van der Waals surface area (Å²) in [5.41, 5.74) is 0.606. The van der Waals surface area contributed by atoms with E-state index < -0.39 is 5.91 Å². The van der Waals surface area contributed by atoms with Gasteiger partial charge in [-0.05, 0) is 37.5 Å². The lowest BCUT2D eigenvalue weighted by Gasteiger charge is -2.09. The largest absolute Gasteiger partial charge is 0.456 e. The Morgan fingerprint density at radius 3 is 2.96 bits per heavy atom. The monoisotopic (exact) mass is 398 g/mol. The molecule has 5 nitrogen and oxygen atoms in total.